The molecule has 2 rings (SSSR count). The fraction of sp³-hybridized carbons (Fsp3) is 0.538. The Hall–Kier alpha value is -1.29. The molecule has 1 aliphatic carbocycles. The number of benzene rings is 1. The number of nitrogens with one attached hydrogen (secondary N) is 1. The Labute approximate surface area is 111 Å². The van der Waals surface area contributed by atoms with E-state index in [0.29, 0.717) is 6.04 Å². The van der Waals surface area contributed by atoms with Crippen LogP contribution in [0.3, 0.4) is 0 Å². The first kappa shape index (κ1) is 13.1. The molecule has 0 saturated heterocycles. The van der Waals surface area contributed by atoms with Gasteiger partial charge in [-0.2, -0.15) is 0 Å². The van der Waals surface area contributed by atoms with Crippen LogP contribution in [-0.2, 0) is 0 Å². The minimum atomic E-state index is -0.444. The van der Waals surface area contributed by atoms with Gasteiger partial charge in [0.2, 0.25) is 0 Å². The topological polar surface area (TPSA) is 55.2 Å². The van der Waals surface area contributed by atoms with Crippen LogP contribution in [0.5, 0.6) is 0 Å². The maximum absolute atomic E-state index is 10.8. The molecule has 0 atom stereocenters. The molecule has 0 aromatic heterocycles. The summed E-state index contributed by atoms with van der Waals surface area (Å²) in [6.07, 6.45) is 7.31. The zero-order chi connectivity index (χ0) is 13.0. The van der Waals surface area contributed by atoms with Gasteiger partial charge < -0.3 is 5.32 Å². The number of hydrogen-bond acceptors (Lipinski definition) is 3. The van der Waals surface area contributed by atoms with E-state index in [1.54, 1.807) is 12.1 Å². The fourth-order valence-electron chi connectivity index (χ4n) is 2.40. The summed E-state index contributed by atoms with van der Waals surface area (Å²) in [6.45, 7) is 0. The minimum Gasteiger partial charge on any atom is -0.382 e. The largest absolute Gasteiger partial charge is 0.382 e. The van der Waals surface area contributed by atoms with Crippen LogP contribution >= 0.6 is 11.6 Å². The molecule has 4 nitrogen and oxygen atoms in total. The zero-order valence-corrected chi connectivity index (χ0v) is 10.9. The predicted molar refractivity (Wildman–Crippen MR) is 73.2 cm³/mol. The van der Waals surface area contributed by atoms with Gasteiger partial charge in [-0.15, -0.1) is 0 Å². The average Bonchev–Trinajstić information content (AvgIpc) is 2.60. The van der Waals surface area contributed by atoms with E-state index in [4.69, 9.17) is 11.6 Å². The van der Waals surface area contributed by atoms with Crippen LogP contribution < -0.4 is 5.32 Å². The Morgan fingerprint density at radius 3 is 2.50 bits per heavy atom. The summed E-state index contributed by atoms with van der Waals surface area (Å²) in [4.78, 5) is 10.4. The Morgan fingerprint density at radius 2 is 1.89 bits per heavy atom. The highest BCUT2D eigenvalue weighted by atomic mass is 35.5. The van der Waals surface area contributed by atoms with Gasteiger partial charge in [-0.25, -0.2) is 0 Å². The van der Waals surface area contributed by atoms with Crippen LogP contribution in [-0.4, -0.2) is 11.0 Å². The van der Waals surface area contributed by atoms with Crippen molar-refractivity contribution < 1.29 is 4.92 Å². The highest BCUT2D eigenvalue weighted by Crippen LogP contribution is 2.29. The average molecular weight is 269 g/mol. The first-order chi connectivity index (χ1) is 8.66. The molecular weight excluding hydrogens is 252 g/mol. The van der Waals surface area contributed by atoms with Crippen LogP contribution in [0.25, 0.3) is 0 Å². The van der Waals surface area contributed by atoms with Crippen molar-refractivity contribution in [2.75, 3.05) is 5.32 Å². The summed E-state index contributed by atoms with van der Waals surface area (Å²) in [5.41, 5.74) is 0.758. The highest BCUT2D eigenvalue weighted by molar-refractivity contribution is 6.32. The summed E-state index contributed by atoms with van der Waals surface area (Å²) in [6, 6.07) is 5.33. The van der Waals surface area contributed by atoms with Crippen LogP contribution in [0, 0.1) is 10.1 Å². The van der Waals surface area contributed by atoms with E-state index < -0.39 is 4.92 Å². The van der Waals surface area contributed by atoms with Crippen molar-refractivity contribution in [3.63, 3.8) is 0 Å². The van der Waals surface area contributed by atoms with Crippen LogP contribution in [0.1, 0.15) is 38.5 Å². The van der Waals surface area contributed by atoms with E-state index in [9.17, 15) is 10.1 Å². The lowest BCUT2D eigenvalue weighted by Crippen LogP contribution is -2.18. The van der Waals surface area contributed by atoms with Gasteiger partial charge in [0, 0.05) is 17.8 Å². The molecular formula is C13H17ClN2O2. The van der Waals surface area contributed by atoms with Crippen molar-refractivity contribution in [1.29, 1.82) is 0 Å². The molecule has 1 aromatic rings. The molecule has 1 aliphatic rings. The second-order valence-electron chi connectivity index (χ2n) is 4.76. The number of rotatable bonds is 3. The molecule has 1 fully saturated rings. The SMILES string of the molecule is O=[N+]([O-])c1cc(NC2CCCCCC2)ccc1Cl. The number of anilines is 1. The molecule has 98 valence electrons. The van der Waals surface area contributed by atoms with Gasteiger partial charge in [0.25, 0.3) is 5.69 Å². The third-order valence-corrected chi connectivity index (χ3v) is 3.69. The quantitative estimate of drug-likeness (QED) is 0.503. The van der Waals surface area contributed by atoms with E-state index >= 15 is 0 Å². The molecule has 0 radical (unpaired) electrons. The van der Waals surface area contributed by atoms with Gasteiger partial charge in [0.05, 0.1) is 4.92 Å². The Morgan fingerprint density at radius 1 is 1.22 bits per heavy atom. The molecule has 0 bridgehead atoms. The number of nitrogens with zero attached hydrogens (tertiary/aromatic N) is 1. The van der Waals surface area contributed by atoms with Crippen LogP contribution in [0.4, 0.5) is 11.4 Å². The first-order valence-corrected chi connectivity index (χ1v) is 6.75. The predicted octanol–water partition coefficient (Wildman–Crippen LogP) is 4.38. The summed E-state index contributed by atoms with van der Waals surface area (Å²) >= 11 is 5.79. The van der Waals surface area contributed by atoms with Gasteiger partial charge in [-0.1, -0.05) is 37.3 Å². The molecule has 0 spiro atoms. The molecule has 5 heteroatoms. The van der Waals surface area contributed by atoms with E-state index in [0.717, 1.165) is 18.5 Å². The highest BCUT2D eigenvalue weighted by Gasteiger charge is 2.16. The minimum absolute atomic E-state index is 0.0321. The maximum Gasteiger partial charge on any atom is 0.289 e. The van der Waals surface area contributed by atoms with Crippen molar-refractivity contribution in [2.45, 2.75) is 44.6 Å². The summed E-state index contributed by atoms with van der Waals surface area (Å²) in [7, 11) is 0. The van der Waals surface area contributed by atoms with Crippen molar-refractivity contribution in [2.24, 2.45) is 0 Å². The Kier molecular flexibility index (Phi) is 4.42. The second kappa shape index (κ2) is 6.05. The summed E-state index contributed by atoms with van der Waals surface area (Å²) in [5, 5.41) is 14.4. The Balaban J connectivity index is 2.08. The van der Waals surface area contributed by atoms with Gasteiger partial charge in [0.15, 0.2) is 0 Å². The van der Waals surface area contributed by atoms with Crippen molar-refractivity contribution in [3.05, 3.63) is 33.3 Å². The van der Waals surface area contributed by atoms with Gasteiger partial charge >= 0.3 is 0 Å². The standard InChI is InChI=1S/C13H17ClN2O2/c14-12-8-7-11(9-13(12)16(17)18)15-10-5-3-1-2-4-6-10/h7-10,15H,1-6H2. The smallest absolute Gasteiger partial charge is 0.289 e. The number of nitro benzene ring substituents is 1. The zero-order valence-electron chi connectivity index (χ0n) is 10.2. The molecule has 1 aromatic carbocycles. The summed E-state index contributed by atoms with van der Waals surface area (Å²) in [5.74, 6) is 0. The van der Waals surface area contributed by atoms with E-state index in [2.05, 4.69) is 5.32 Å². The van der Waals surface area contributed by atoms with Crippen LogP contribution in [0.2, 0.25) is 5.02 Å². The van der Waals surface area contributed by atoms with Gasteiger partial charge in [-0.3, -0.25) is 10.1 Å². The number of hydrogen-bond donors (Lipinski definition) is 1. The van der Waals surface area contributed by atoms with E-state index in [-0.39, 0.29) is 10.7 Å². The molecule has 18 heavy (non-hydrogen) atoms. The van der Waals surface area contributed by atoms with Gasteiger partial charge in [-0.05, 0) is 25.0 Å². The van der Waals surface area contributed by atoms with Crippen molar-refractivity contribution in [1.82, 2.24) is 0 Å². The fourth-order valence-corrected chi connectivity index (χ4v) is 2.59. The monoisotopic (exact) mass is 268 g/mol. The lowest BCUT2D eigenvalue weighted by atomic mass is 10.1. The second-order valence-corrected chi connectivity index (χ2v) is 5.16. The molecule has 0 amide bonds. The normalized spacial score (nSPS) is 17.2. The van der Waals surface area contributed by atoms with Crippen molar-refractivity contribution in [3.8, 4) is 0 Å². The van der Waals surface area contributed by atoms with Gasteiger partial charge in [0.1, 0.15) is 5.02 Å². The third-order valence-electron chi connectivity index (χ3n) is 3.37. The van der Waals surface area contributed by atoms with Crippen LogP contribution in [0.15, 0.2) is 18.2 Å². The first-order valence-electron chi connectivity index (χ1n) is 6.37. The lowest BCUT2D eigenvalue weighted by Gasteiger charge is -2.17. The lowest BCUT2D eigenvalue weighted by molar-refractivity contribution is -0.384. The number of nitro groups is 1. The van der Waals surface area contributed by atoms with Crippen molar-refractivity contribution >= 4 is 23.0 Å². The molecule has 0 aliphatic heterocycles. The molecule has 0 unspecified atom stereocenters. The van der Waals surface area contributed by atoms with E-state index in [1.807, 2.05) is 0 Å². The molecule has 0 heterocycles. The Bertz CT molecular complexity index is 429. The maximum atomic E-state index is 10.8. The molecule has 1 N–H and O–H groups in total. The third kappa shape index (κ3) is 3.35. The molecule has 1 saturated carbocycles. The summed E-state index contributed by atoms with van der Waals surface area (Å²) < 4.78 is 0. The van der Waals surface area contributed by atoms with E-state index in [1.165, 1.54) is 31.7 Å². The number of halogens is 1.